The highest BCUT2D eigenvalue weighted by Crippen LogP contribution is 2.34. The second-order valence-electron chi connectivity index (χ2n) is 3.97. The summed E-state index contributed by atoms with van der Waals surface area (Å²) in [5.41, 5.74) is 4.60. The maximum atomic E-state index is 4.60. The number of fused-ring (bicyclic) bond motifs is 1. The second kappa shape index (κ2) is 4.20. The molecule has 2 nitrogen and oxygen atoms in total. The van der Waals surface area contributed by atoms with Crippen molar-refractivity contribution < 1.29 is 0 Å². The van der Waals surface area contributed by atoms with Gasteiger partial charge in [0.25, 0.3) is 0 Å². The van der Waals surface area contributed by atoms with E-state index in [0.717, 1.165) is 10.7 Å². The fourth-order valence-corrected chi connectivity index (χ4v) is 3.27. The summed E-state index contributed by atoms with van der Waals surface area (Å²) in [7, 11) is 0. The first kappa shape index (κ1) is 10.9. The molecule has 4 heteroatoms. The van der Waals surface area contributed by atoms with E-state index in [1.165, 1.54) is 22.2 Å². The Morgan fingerprint density at radius 3 is 2.94 bits per heavy atom. The van der Waals surface area contributed by atoms with Gasteiger partial charge in [-0.2, -0.15) is 12.6 Å². The van der Waals surface area contributed by atoms with Crippen LogP contribution in [0.2, 0.25) is 0 Å². The fraction of sp³-hybridized carbons (Fsp3) is 0.154. The summed E-state index contributed by atoms with van der Waals surface area (Å²) in [5, 5.41) is 4.39. The van der Waals surface area contributed by atoms with E-state index >= 15 is 0 Å². The molecule has 17 heavy (non-hydrogen) atoms. The first-order valence-electron chi connectivity index (χ1n) is 5.42. The molecule has 0 aliphatic heterocycles. The summed E-state index contributed by atoms with van der Waals surface area (Å²) in [6.45, 7) is 2.09. The van der Waals surface area contributed by atoms with Crippen LogP contribution in [0.3, 0.4) is 0 Å². The molecule has 0 atom stereocenters. The van der Waals surface area contributed by atoms with Gasteiger partial charge in [0, 0.05) is 33.3 Å². The average Bonchev–Trinajstić information content (AvgIpc) is 2.91. The van der Waals surface area contributed by atoms with Gasteiger partial charge in [-0.15, -0.1) is 11.3 Å². The highest BCUT2D eigenvalue weighted by atomic mass is 32.1. The first-order chi connectivity index (χ1) is 8.29. The predicted octanol–water partition coefficient (Wildman–Crippen LogP) is 4.03. The molecule has 0 spiro atoms. The van der Waals surface area contributed by atoms with E-state index in [1.807, 2.05) is 6.07 Å². The zero-order valence-electron chi connectivity index (χ0n) is 9.40. The topological polar surface area (TPSA) is 28.7 Å². The molecule has 0 saturated heterocycles. The number of H-pyrrole nitrogens is 1. The van der Waals surface area contributed by atoms with Crippen LogP contribution in [-0.4, -0.2) is 9.97 Å². The number of rotatable bonds is 2. The van der Waals surface area contributed by atoms with Crippen molar-refractivity contribution in [2.24, 2.45) is 0 Å². The lowest BCUT2D eigenvalue weighted by atomic mass is 10.1. The van der Waals surface area contributed by atoms with E-state index in [4.69, 9.17) is 0 Å². The number of thiol groups is 1. The molecular weight excluding hydrogens is 248 g/mol. The molecule has 0 saturated carbocycles. The first-order valence-corrected chi connectivity index (χ1v) is 6.93. The molecule has 1 N–H and O–H groups in total. The summed E-state index contributed by atoms with van der Waals surface area (Å²) in [5.74, 6) is 0.692. The Bertz CT molecular complexity index is 667. The number of hydrogen-bond donors (Lipinski definition) is 2. The van der Waals surface area contributed by atoms with Crippen molar-refractivity contribution >= 4 is 34.9 Å². The van der Waals surface area contributed by atoms with Gasteiger partial charge < -0.3 is 4.98 Å². The van der Waals surface area contributed by atoms with Gasteiger partial charge in [-0.05, 0) is 13.0 Å². The number of aryl methyl sites for hydroxylation is 1. The molecule has 0 aliphatic carbocycles. The summed E-state index contributed by atoms with van der Waals surface area (Å²) < 4.78 is 0. The van der Waals surface area contributed by atoms with Crippen molar-refractivity contribution in [2.75, 3.05) is 0 Å². The maximum Gasteiger partial charge on any atom is 0.126 e. The third-order valence-electron chi connectivity index (χ3n) is 2.82. The van der Waals surface area contributed by atoms with Crippen LogP contribution in [0.15, 0.2) is 29.6 Å². The van der Waals surface area contributed by atoms with Crippen molar-refractivity contribution in [1.29, 1.82) is 0 Å². The van der Waals surface area contributed by atoms with Gasteiger partial charge >= 0.3 is 0 Å². The number of benzene rings is 1. The van der Waals surface area contributed by atoms with Crippen molar-refractivity contribution in [1.82, 2.24) is 9.97 Å². The zero-order chi connectivity index (χ0) is 11.8. The van der Waals surface area contributed by atoms with Crippen molar-refractivity contribution in [3.05, 3.63) is 41.0 Å². The summed E-state index contributed by atoms with van der Waals surface area (Å²) >= 11 is 5.94. The Hall–Kier alpha value is -1.26. The van der Waals surface area contributed by atoms with Gasteiger partial charge in [0.15, 0.2) is 0 Å². The number of aromatic amines is 1. The zero-order valence-corrected chi connectivity index (χ0v) is 11.1. The average molecular weight is 260 g/mol. The number of thiazole rings is 1. The fourth-order valence-electron chi connectivity index (χ4n) is 2.05. The number of nitrogens with zero attached hydrogens (tertiary/aromatic N) is 1. The Morgan fingerprint density at radius 2 is 2.18 bits per heavy atom. The lowest BCUT2D eigenvalue weighted by Crippen LogP contribution is -1.80. The van der Waals surface area contributed by atoms with E-state index in [9.17, 15) is 0 Å². The molecule has 2 aromatic heterocycles. The predicted molar refractivity (Wildman–Crippen MR) is 76.8 cm³/mol. The molecule has 3 rings (SSSR count). The molecule has 0 bridgehead atoms. The quantitative estimate of drug-likeness (QED) is 0.669. The van der Waals surface area contributed by atoms with E-state index < -0.39 is 0 Å². The van der Waals surface area contributed by atoms with Crippen LogP contribution in [-0.2, 0) is 5.75 Å². The molecule has 0 aliphatic rings. The monoisotopic (exact) mass is 260 g/mol. The second-order valence-corrected chi connectivity index (χ2v) is 5.15. The summed E-state index contributed by atoms with van der Waals surface area (Å²) in [6.07, 6.45) is 0. The number of hydrogen-bond acceptors (Lipinski definition) is 3. The van der Waals surface area contributed by atoms with Crippen molar-refractivity contribution in [3.8, 4) is 10.6 Å². The van der Waals surface area contributed by atoms with Crippen LogP contribution in [0.4, 0.5) is 0 Å². The summed E-state index contributed by atoms with van der Waals surface area (Å²) in [6, 6.07) is 8.34. The molecule has 0 amide bonds. The van der Waals surface area contributed by atoms with Crippen LogP contribution in [0, 0.1) is 6.92 Å². The Balaban J connectivity index is 2.25. The SMILES string of the molecule is Cc1[nH]c2ccccc2c1-c1nc(CS)cs1. The van der Waals surface area contributed by atoms with Crippen molar-refractivity contribution in [3.63, 3.8) is 0 Å². The van der Waals surface area contributed by atoms with E-state index in [-0.39, 0.29) is 0 Å². The van der Waals surface area contributed by atoms with Crippen LogP contribution in [0.5, 0.6) is 0 Å². The molecular formula is C13H12N2S2. The summed E-state index contributed by atoms with van der Waals surface area (Å²) in [4.78, 5) is 8.00. The minimum Gasteiger partial charge on any atom is -0.358 e. The van der Waals surface area contributed by atoms with E-state index in [1.54, 1.807) is 11.3 Å². The van der Waals surface area contributed by atoms with Crippen LogP contribution >= 0.6 is 24.0 Å². The van der Waals surface area contributed by atoms with E-state index in [0.29, 0.717) is 5.75 Å². The normalized spacial score (nSPS) is 11.2. The third-order valence-corrected chi connectivity index (χ3v) is 4.05. The van der Waals surface area contributed by atoms with Gasteiger partial charge in [0.05, 0.1) is 5.69 Å². The number of para-hydroxylation sites is 1. The van der Waals surface area contributed by atoms with Crippen LogP contribution in [0.1, 0.15) is 11.4 Å². The molecule has 0 radical (unpaired) electrons. The van der Waals surface area contributed by atoms with Gasteiger partial charge in [-0.3, -0.25) is 0 Å². The maximum absolute atomic E-state index is 4.60. The van der Waals surface area contributed by atoms with Gasteiger partial charge in [-0.1, -0.05) is 18.2 Å². The molecule has 0 unspecified atom stereocenters. The van der Waals surface area contributed by atoms with Crippen LogP contribution in [0.25, 0.3) is 21.5 Å². The van der Waals surface area contributed by atoms with Gasteiger partial charge in [-0.25, -0.2) is 4.98 Å². The lowest BCUT2D eigenvalue weighted by Gasteiger charge is -1.95. The third kappa shape index (κ3) is 1.77. The van der Waals surface area contributed by atoms with Crippen LogP contribution < -0.4 is 0 Å². The number of nitrogens with one attached hydrogen (secondary N) is 1. The molecule has 86 valence electrons. The lowest BCUT2D eigenvalue weighted by molar-refractivity contribution is 1.23. The van der Waals surface area contributed by atoms with Gasteiger partial charge in [0.2, 0.25) is 0 Å². The largest absolute Gasteiger partial charge is 0.358 e. The highest BCUT2D eigenvalue weighted by Gasteiger charge is 2.13. The molecule has 0 fully saturated rings. The minimum absolute atomic E-state index is 0.692. The Kier molecular flexibility index (Phi) is 2.68. The molecule has 3 aromatic rings. The highest BCUT2D eigenvalue weighted by molar-refractivity contribution is 7.79. The molecule has 1 aromatic carbocycles. The van der Waals surface area contributed by atoms with Crippen molar-refractivity contribution in [2.45, 2.75) is 12.7 Å². The van der Waals surface area contributed by atoms with E-state index in [2.05, 4.69) is 53.1 Å². The molecule has 2 heterocycles. The smallest absolute Gasteiger partial charge is 0.126 e. The Morgan fingerprint density at radius 1 is 1.35 bits per heavy atom. The minimum atomic E-state index is 0.692. The standard InChI is InChI=1S/C13H12N2S2/c1-8-12(13-15-9(6-16)7-17-13)10-4-2-3-5-11(10)14-8/h2-5,7,14,16H,6H2,1H3. The Labute approximate surface area is 109 Å². The number of aromatic nitrogens is 2. The van der Waals surface area contributed by atoms with Gasteiger partial charge in [0.1, 0.15) is 5.01 Å².